The van der Waals surface area contributed by atoms with Gasteiger partial charge < -0.3 is 4.42 Å². The van der Waals surface area contributed by atoms with Gasteiger partial charge in [0, 0.05) is 5.56 Å². The first-order valence-electron chi connectivity index (χ1n) is 9.14. The van der Waals surface area contributed by atoms with Gasteiger partial charge in [-0.2, -0.15) is 0 Å². The van der Waals surface area contributed by atoms with E-state index in [-0.39, 0.29) is 17.0 Å². The molecule has 2 aromatic carbocycles. The third-order valence-corrected chi connectivity index (χ3v) is 6.96. The van der Waals surface area contributed by atoms with Crippen LogP contribution >= 0.6 is 11.3 Å². The van der Waals surface area contributed by atoms with Crippen LogP contribution in [0.3, 0.4) is 0 Å². The van der Waals surface area contributed by atoms with Gasteiger partial charge in [-0.3, -0.25) is 10.1 Å². The summed E-state index contributed by atoms with van der Waals surface area (Å²) in [6, 6.07) is 13.7. The van der Waals surface area contributed by atoms with Crippen LogP contribution in [0, 0.1) is 13.8 Å². The van der Waals surface area contributed by atoms with Gasteiger partial charge in [-0.05, 0) is 55.3 Å². The van der Waals surface area contributed by atoms with Crippen molar-refractivity contribution in [1.29, 1.82) is 0 Å². The summed E-state index contributed by atoms with van der Waals surface area (Å²) < 4.78 is 33.9. The van der Waals surface area contributed by atoms with Crippen molar-refractivity contribution in [2.24, 2.45) is 0 Å². The molecular weight excluding hydrogens is 422 g/mol. The van der Waals surface area contributed by atoms with Crippen LogP contribution in [0.2, 0.25) is 0 Å². The summed E-state index contributed by atoms with van der Waals surface area (Å²) in [5, 5.41) is 3.25. The predicted molar refractivity (Wildman–Crippen MR) is 116 cm³/mol. The minimum Gasteiger partial charge on any atom is -0.468 e. The zero-order valence-electron chi connectivity index (χ0n) is 16.3. The van der Waals surface area contributed by atoms with Crippen molar-refractivity contribution in [3.8, 4) is 0 Å². The molecule has 30 heavy (non-hydrogen) atoms. The summed E-state index contributed by atoms with van der Waals surface area (Å²) in [6.07, 6.45) is 1.47. The third-order valence-electron chi connectivity index (χ3n) is 4.62. The van der Waals surface area contributed by atoms with Gasteiger partial charge in [-0.25, -0.2) is 18.1 Å². The zero-order valence-corrected chi connectivity index (χ0v) is 17.9. The molecule has 4 rings (SSSR count). The molecular formula is C21H19N3O4S2. The number of thiazole rings is 1. The van der Waals surface area contributed by atoms with Crippen LogP contribution in [0.5, 0.6) is 0 Å². The topological polar surface area (TPSA) is 101 Å². The number of nitrogens with zero attached hydrogens (tertiary/aromatic N) is 1. The number of amides is 1. The minimum absolute atomic E-state index is 0.00458. The molecule has 2 aromatic heterocycles. The first kappa shape index (κ1) is 20.3. The molecule has 154 valence electrons. The number of hydrogen-bond acceptors (Lipinski definition) is 6. The molecule has 0 aliphatic heterocycles. The number of furan rings is 1. The molecule has 0 spiro atoms. The van der Waals surface area contributed by atoms with Crippen molar-refractivity contribution < 1.29 is 17.6 Å². The number of benzene rings is 2. The smallest absolute Gasteiger partial charge is 0.257 e. The van der Waals surface area contributed by atoms with Crippen LogP contribution in [-0.4, -0.2) is 19.3 Å². The zero-order chi connectivity index (χ0) is 21.3. The molecule has 0 aliphatic carbocycles. The highest BCUT2D eigenvalue weighted by Crippen LogP contribution is 2.28. The number of carbonyl (C=O) groups is 1. The van der Waals surface area contributed by atoms with Gasteiger partial charge in [0.1, 0.15) is 5.76 Å². The lowest BCUT2D eigenvalue weighted by Crippen LogP contribution is -2.24. The van der Waals surface area contributed by atoms with E-state index in [4.69, 9.17) is 4.42 Å². The molecule has 0 saturated carbocycles. The van der Waals surface area contributed by atoms with E-state index in [1.165, 1.54) is 29.7 Å². The predicted octanol–water partition coefficient (Wildman–Crippen LogP) is 4.24. The van der Waals surface area contributed by atoms with Gasteiger partial charge in [0.05, 0.1) is 27.9 Å². The Balaban J connectivity index is 1.57. The van der Waals surface area contributed by atoms with Gasteiger partial charge in [0.2, 0.25) is 10.0 Å². The highest BCUT2D eigenvalue weighted by molar-refractivity contribution is 7.89. The normalized spacial score (nSPS) is 11.7. The SMILES string of the molecule is Cc1ccc(S(=O)(=O)NCc2ccco2)cc1C(=O)Nc1nc2c(C)cccc2s1. The molecule has 0 bridgehead atoms. The number of carbonyl (C=O) groups excluding carboxylic acids is 1. The fourth-order valence-corrected chi connectivity index (χ4v) is 4.94. The summed E-state index contributed by atoms with van der Waals surface area (Å²) in [7, 11) is -3.81. The maximum atomic E-state index is 12.8. The van der Waals surface area contributed by atoms with Crippen LogP contribution in [0.15, 0.2) is 64.1 Å². The molecule has 0 radical (unpaired) electrons. The minimum atomic E-state index is -3.81. The van der Waals surface area contributed by atoms with Crippen LogP contribution < -0.4 is 10.0 Å². The van der Waals surface area contributed by atoms with Crippen molar-refractivity contribution in [2.45, 2.75) is 25.3 Å². The highest BCUT2D eigenvalue weighted by atomic mass is 32.2. The number of nitrogens with one attached hydrogen (secondary N) is 2. The Morgan fingerprint density at radius 3 is 2.67 bits per heavy atom. The standard InChI is InChI=1S/C21H19N3O4S2/c1-13-8-9-16(30(26,27)22-12-15-6-4-10-28-15)11-17(13)20(25)24-21-23-19-14(2)5-3-7-18(19)29-21/h3-11,22H,12H2,1-2H3,(H,23,24,25). The second-order valence-electron chi connectivity index (χ2n) is 6.78. The number of anilines is 1. The van der Waals surface area contributed by atoms with Crippen molar-refractivity contribution in [2.75, 3.05) is 5.32 Å². The Labute approximate surface area is 177 Å². The highest BCUT2D eigenvalue weighted by Gasteiger charge is 2.19. The van der Waals surface area contributed by atoms with Crippen LogP contribution in [0.4, 0.5) is 5.13 Å². The molecule has 2 N–H and O–H groups in total. The molecule has 0 unspecified atom stereocenters. The van der Waals surface area contributed by atoms with E-state index < -0.39 is 15.9 Å². The second kappa shape index (κ2) is 8.02. The molecule has 7 nitrogen and oxygen atoms in total. The fourth-order valence-electron chi connectivity index (χ4n) is 2.98. The van der Waals surface area contributed by atoms with E-state index in [1.807, 2.05) is 25.1 Å². The van der Waals surface area contributed by atoms with Crippen LogP contribution in [0.25, 0.3) is 10.2 Å². The third kappa shape index (κ3) is 4.13. The number of sulfonamides is 1. The fraction of sp³-hybridized carbons (Fsp3) is 0.143. The lowest BCUT2D eigenvalue weighted by atomic mass is 10.1. The Bertz CT molecular complexity index is 1330. The molecule has 1 amide bonds. The van der Waals surface area contributed by atoms with Crippen molar-refractivity contribution >= 4 is 42.6 Å². The molecule has 2 heterocycles. The summed E-state index contributed by atoms with van der Waals surface area (Å²) in [5.74, 6) is 0.0853. The number of para-hydroxylation sites is 1. The van der Waals surface area contributed by atoms with Crippen molar-refractivity contribution in [1.82, 2.24) is 9.71 Å². The van der Waals surface area contributed by atoms with Gasteiger partial charge in [0.25, 0.3) is 5.91 Å². The average Bonchev–Trinajstić information content (AvgIpc) is 3.36. The Morgan fingerprint density at radius 2 is 1.93 bits per heavy atom. The maximum absolute atomic E-state index is 12.8. The van der Waals surface area contributed by atoms with Gasteiger partial charge in [0.15, 0.2) is 5.13 Å². The van der Waals surface area contributed by atoms with E-state index in [2.05, 4.69) is 15.0 Å². The van der Waals surface area contributed by atoms with E-state index in [9.17, 15) is 13.2 Å². The Kier molecular flexibility index (Phi) is 5.42. The quantitative estimate of drug-likeness (QED) is 0.466. The number of hydrogen-bond donors (Lipinski definition) is 2. The van der Waals surface area contributed by atoms with Gasteiger partial charge >= 0.3 is 0 Å². The maximum Gasteiger partial charge on any atom is 0.257 e. The van der Waals surface area contributed by atoms with Crippen LogP contribution in [-0.2, 0) is 16.6 Å². The number of aryl methyl sites for hydroxylation is 2. The average molecular weight is 442 g/mol. The summed E-state index contributed by atoms with van der Waals surface area (Å²) in [5.41, 5.74) is 2.80. The molecule has 0 saturated heterocycles. The van der Waals surface area contributed by atoms with Crippen LogP contribution in [0.1, 0.15) is 27.2 Å². The molecule has 0 aliphatic rings. The lowest BCUT2D eigenvalue weighted by Gasteiger charge is -2.10. The first-order valence-corrected chi connectivity index (χ1v) is 11.4. The molecule has 0 fully saturated rings. The second-order valence-corrected chi connectivity index (χ2v) is 9.57. The molecule has 0 atom stereocenters. The molecule has 4 aromatic rings. The van der Waals surface area contributed by atoms with Crippen molar-refractivity contribution in [3.05, 3.63) is 77.2 Å². The number of rotatable bonds is 6. The van der Waals surface area contributed by atoms with E-state index in [1.54, 1.807) is 25.1 Å². The summed E-state index contributed by atoms with van der Waals surface area (Å²) in [6.45, 7) is 3.74. The van der Waals surface area contributed by atoms with E-state index in [0.29, 0.717) is 16.5 Å². The van der Waals surface area contributed by atoms with Gasteiger partial charge in [-0.15, -0.1) is 0 Å². The number of aromatic nitrogens is 1. The summed E-state index contributed by atoms with van der Waals surface area (Å²) >= 11 is 1.37. The van der Waals surface area contributed by atoms with E-state index in [0.717, 1.165) is 15.8 Å². The number of fused-ring (bicyclic) bond motifs is 1. The largest absolute Gasteiger partial charge is 0.468 e. The lowest BCUT2D eigenvalue weighted by molar-refractivity contribution is 0.102. The van der Waals surface area contributed by atoms with Crippen molar-refractivity contribution in [3.63, 3.8) is 0 Å². The first-order chi connectivity index (χ1) is 14.3. The molecule has 9 heteroatoms. The summed E-state index contributed by atoms with van der Waals surface area (Å²) in [4.78, 5) is 17.3. The monoisotopic (exact) mass is 441 g/mol. The van der Waals surface area contributed by atoms with Gasteiger partial charge in [-0.1, -0.05) is 29.5 Å². The Morgan fingerprint density at radius 1 is 1.10 bits per heavy atom. The Hall–Kier alpha value is -3.01. The van der Waals surface area contributed by atoms with E-state index >= 15 is 0 Å².